The van der Waals surface area contributed by atoms with Gasteiger partial charge in [0.1, 0.15) is 0 Å². The lowest BCUT2D eigenvalue weighted by Crippen LogP contribution is -2.31. The van der Waals surface area contributed by atoms with Crippen LogP contribution < -0.4 is 5.73 Å². The maximum absolute atomic E-state index is 5.76. The summed E-state index contributed by atoms with van der Waals surface area (Å²) in [6.07, 6.45) is 5.97. The third-order valence-electron chi connectivity index (χ3n) is 2.00. The van der Waals surface area contributed by atoms with Crippen molar-refractivity contribution in [2.75, 3.05) is 0 Å². The van der Waals surface area contributed by atoms with E-state index in [2.05, 4.69) is 9.55 Å². The zero-order valence-electron chi connectivity index (χ0n) is 6.64. The predicted octanol–water partition coefficient (Wildman–Crippen LogP) is 1.00. The molecule has 0 amide bonds. The van der Waals surface area contributed by atoms with Gasteiger partial charge in [-0.05, 0) is 12.8 Å². The third kappa shape index (κ3) is 2.12. The van der Waals surface area contributed by atoms with Crippen LogP contribution in [0, 0.1) is 0 Å². The standard InChI is InChI=1S/C7H11N3.2ClH/c8-6-1-2-7-3-9-5-10(7)4-6;;/h3,5-6H,1-2,4,8H2;2*1H. The molecule has 2 rings (SSSR count). The second-order valence-corrected chi connectivity index (χ2v) is 2.84. The summed E-state index contributed by atoms with van der Waals surface area (Å²) in [6.45, 7) is 0.940. The van der Waals surface area contributed by atoms with Crippen LogP contribution in [0.15, 0.2) is 12.5 Å². The van der Waals surface area contributed by atoms with Gasteiger partial charge >= 0.3 is 0 Å². The van der Waals surface area contributed by atoms with Crippen molar-refractivity contribution < 1.29 is 0 Å². The third-order valence-corrected chi connectivity index (χ3v) is 2.00. The molecular formula is C7H13Cl2N3. The van der Waals surface area contributed by atoms with Crippen LogP contribution in [0.4, 0.5) is 0 Å². The van der Waals surface area contributed by atoms with Gasteiger partial charge in [-0.2, -0.15) is 0 Å². The average molecular weight is 210 g/mol. The average Bonchev–Trinajstić information content (AvgIpc) is 2.33. The second kappa shape index (κ2) is 4.70. The fourth-order valence-electron chi connectivity index (χ4n) is 1.40. The predicted molar refractivity (Wildman–Crippen MR) is 53.0 cm³/mol. The number of rotatable bonds is 0. The maximum Gasteiger partial charge on any atom is 0.0948 e. The van der Waals surface area contributed by atoms with Crippen LogP contribution in [0.5, 0.6) is 0 Å². The fourth-order valence-corrected chi connectivity index (χ4v) is 1.40. The fraction of sp³-hybridized carbons (Fsp3) is 0.571. The molecule has 0 fully saturated rings. The van der Waals surface area contributed by atoms with Crippen LogP contribution in [0.25, 0.3) is 0 Å². The van der Waals surface area contributed by atoms with Gasteiger partial charge in [0.05, 0.1) is 6.33 Å². The highest BCUT2D eigenvalue weighted by Crippen LogP contribution is 2.11. The van der Waals surface area contributed by atoms with Gasteiger partial charge in [0.2, 0.25) is 0 Å². The van der Waals surface area contributed by atoms with Gasteiger partial charge in [-0.15, -0.1) is 24.8 Å². The summed E-state index contributed by atoms with van der Waals surface area (Å²) in [4.78, 5) is 4.05. The molecule has 2 heterocycles. The maximum atomic E-state index is 5.76. The Morgan fingerprint density at radius 3 is 3.00 bits per heavy atom. The first-order valence-electron chi connectivity index (χ1n) is 3.61. The molecule has 0 saturated heterocycles. The van der Waals surface area contributed by atoms with Gasteiger partial charge in [-0.3, -0.25) is 0 Å². The van der Waals surface area contributed by atoms with E-state index in [1.165, 1.54) is 5.69 Å². The second-order valence-electron chi connectivity index (χ2n) is 2.84. The molecule has 12 heavy (non-hydrogen) atoms. The highest BCUT2D eigenvalue weighted by atomic mass is 35.5. The van der Waals surface area contributed by atoms with E-state index in [1.807, 2.05) is 12.5 Å². The Labute approximate surface area is 84.2 Å². The molecule has 0 bridgehead atoms. The number of halogens is 2. The van der Waals surface area contributed by atoms with Crippen LogP contribution in [0.1, 0.15) is 12.1 Å². The summed E-state index contributed by atoms with van der Waals surface area (Å²) in [5.41, 5.74) is 7.08. The molecule has 0 saturated carbocycles. The minimum absolute atomic E-state index is 0. The van der Waals surface area contributed by atoms with Crippen LogP contribution >= 0.6 is 24.8 Å². The Morgan fingerprint density at radius 2 is 2.25 bits per heavy atom. The summed E-state index contributed by atoms with van der Waals surface area (Å²) in [7, 11) is 0. The highest BCUT2D eigenvalue weighted by Gasteiger charge is 2.13. The van der Waals surface area contributed by atoms with E-state index in [9.17, 15) is 0 Å². The van der Waals surface area contributed by atoms with Crippen LogP contribution in [-0.2, 0) is 13.0 Å². The van der Waals surface area contributed by atoms with E-state index in [0.717, 1.165) is 19.4 Å². The largest absolute Gasteiger partial charge is 0.333 e. The molecule has 0 spiro atoms. The first-order valence-corrected chi connectivity index (χ1v) is 3.61. The van der Waals surface area contributed by atoms with Gasteiger partial charge in [0.15, 0.2) is 0 Å². The highest BCUT2D eigenvalue weighted by molar-refractivity contribution is 5.85. The van der Waals surface area contributed by atoms with E-state index in [1.54, 1.807) is 0 Å². The number of hydrogen-bond acceptors (Lipinski definition) is 2. The lowest BCUT2D eigenvalue weighted by molar-refractivity contribution is 0.460. The molecule has 1 unspecified atom stereocenters. The Bertz CT molecular complexity index is 236. The van der Waals surface area contributed by atoms with Gasteiger partial charge in [0.25, 0.3) is 0 Å². The topological polar surface area (TPSA) is 43.8 Å². The van der Waals surface area contributed by atoms with E-state index in [0.29, 0.717) is 6.04 Å². The van der Waals surface area contributed by atoms with Crippen molar-refractivity contribution >= 4 is 24.8 Å². The molecule has 3 nitrogen and oxygen atoms in total. The Balaban J connectivity index is 0.000000605. The van der Waals surface area contributed by atoms with Crippen molar-refractivity contribution in [2.24, 2.45) is 5.73 Å². The quantitative estimate of drug-likeness (QED) is 0.694. The minimum Gasteiger partial charge on any atom is -0.333 e. The number of aromatic nitrogens is 2. The molecule has 5 heteroatoms. The van der Waals surface area contributed by atoms with Crippen molar-refractivity contribution in [3.05, 3.63) is 18.2 Å². The summed E-state index contributed by atoms with van der Waals surface area (Å²) >= 11 is 0. The molecule has 0 aliphatic carbocycles. The first-order chi connectivity index (χ1) is 4.86. The van der Waals surface area contributed by atoms with Gasteiger partial charge in [-0.1, -0.05) is 0 Å². The number of fused-ring (bicyclic) bond motifs is 1. The van der Waals surface area contributed by atoms with Gasteiger partial charge in [-0.25, -0.2) is 4.98 Å². The van der Waals surface area contributed by atoms with Crippen LogP contribution in [-0.4, -0.2) is 15.6 Å². The molecule has 1 aliphatic rings. The van der Waals surface area contributed by atoms with E-state index < -0.39 is 0 Å². The summed E-state index contributed by atoms with van der Waals surface area (Å²) < 4.78 is 2.13. The molecular weight excluding hydrogens is 197 g/mol. The van der Waals surface area contributed by atoms with Crippen molar-refractivity contribution in [3.8, 4) is 0 Å². The zero-order valence-corrected chi connectivity index (χ0v) is 8.27. The minimum atomic E-state index is 0. The van der Waals surface area contributed by atoms with Crippen molar-refractivity contribution in [1.29, 1.82) is 0 Å². The summed E-state index contributed by atoms with van der Waals surface area (Å²) in [6, 6.07) is 0.335. The van der Waals surface area contributed by atoms with E-state index in [-0.39, 0.29) is 24.8 Å². The molecule has 1 aromatic heterocycles. The Kier molecular flexibility index (Phi) is 4.60. The molecule has 1 aromatic rings. The molecule has 0 aromatic carbocycles. The molecule has 1 atom stereocenters. The van der Waals surface area contributed by atoms with E-state index >= 15 is 0 Å². The molecule has 0 radical (unpaired) electrons. The lowest BCUT2D eigenvalue weighted by atomic mass is 10.1. The number of nitrogens with zero attached hydrogens (tertiary/aromatic N) is 2. The summed E-state index contributed by atoms with van der Waals surface area (Å²) in [5, 5.41) is 0. The zero-order chi connectivity index (χ0) is 6.97. The molecule has 70 valence electrons. The van der Waals surface area contributed by atoms with Crippen LogP contribution in [0.2, 0.25) is 0 Å². The lowest BCUT2D eigenvalue weighted by Gasteiger charge is -2.19. The van der Waals surface area contributed by atoms with Gasteiger partial charge < -0.3 is 10.3 Å². The van der Waals surface area contributed by atoms with Crippen molar-refractivity contribution in [2.45, 2.75) is 25.4 Å². The Morgan fingerprint density at radius 1 is 1.50 bits per heavy atom. The van der Waals surface area contributed by atoms with Gasteiger partial charge in [0, 0.05) is 24.5 Å². The first kappa shape index (κ1) is 11.8. The Hall–Kier alpha value is -0.250. The number of hydrogen-bond donors (Lipinski definition) is 1. The smallest absolute Gasteiger partial charge is 0.0948 e. The molecule has 2 N–H and O–H groups in total. The van der Waals surface area contributed by atoms with Crippen molar-refractivity contribution in [3.63, 3.8) is 0 Å². The normalized spacial score (nSPS) is 20.2. The number of aryl methyl sites for hydroxylation is 1. The van der Waals surface area contributed by atoms with Crippen molar-refractivity contribution in [1.82, 2.24) is 9.55 Å². The van der Waals surface area contributed by atoms with Crippen LogP contribution in [0.3, 0.4) is 0 Å². The molecule has 1 aliphatic heterocycles. The number of imidazole rings is 1. The SMILES string of the molecule is Cl.Cl.NC1CCc2cncn2C1. The summed E-state index contributed by atoms with van der Waals surface area (Å²) in [5.74, 6) is 0. The van der Waals surface area contributed by atoms with E-state index in [4.69, 9.17) is 5.73 Å². The number of nitrogens with two attached hydrogens (primary N) is 1. The monoisotopic (exact) mass is 209 g/mol.